The third kappa shape index (κ3) is 2.83. The van der Waals surface area contributed by atoms with Crippen molar-refractivity contribution in [3.63, 3.8) is 0 Å². The minimum absolute atomic E-state index is 0.443. The molecule has 0 amide bonds. The summed E-state index contributed by atoms with van der Waals surface area (Å²) < 4.78 is 0. The zero-order valence-corrected chi connectivity index (χ0v) is 11.2. The Labute approximate surface area is 109 Å². The summed E-state index contributed by atoms with van der Waals surface area (Å²) in [5, 5.41) is 11.9. The Balaban J connectivity index is 2.09. The van der Waals surface area contributed by atoms with Crippen LogP contribution in [0.15, 0.2) is 18.2 Å². The predicted octanol–water partition coefficient (Wildman–Crippen LogP) is 2.39. The van der Waals surface area contributed by atoms with Crippen molar-refractivity contribution in [1.29, 1.82) is 5.26 Å². The lowest BCUT2D eigenvalue weighted by molar-refractivity contribution is 0.439. The topological polar surface area (TPSA) is 39.1 Å². The third-order valence-corrected chi connectivity index (χ3v) is 3.81. The fraction of sp³-hybridized carbons (Fsp3) is 0.533. The van der Waals surface area contributed by atoms with Crippen LogP contribution in [0.25, 0.3) is 0 Å². The van der Waals surface area contributed by atoms with E-state index in [2.05, 4.69) is 48.3 Å². The second kappa shape index (κ2) is 5.88. The van der Waals surface area contributed by atoms with Crippen LogP contribution in [-0.2, 0) is 0 Å². The van der Waals surface area contributed by atoms with E-state index in [9.17, 15) is 0 Å². The van der Waals surface area contributed by atoms with Crippen molar-refractivity contribution in [2.45, 2.75) is 32.7 Å². The van der Waals surface area contributed by atoms with Gasteiger partial charge in [0.1, 0.15) is 0 Å². The number of nitrogens with one attached hydrogen (secondary N) is 1. The molecule has 0 aromatic heterocycles. The number of benzene rings is 1. The number of anilines is 1. The van der Waals surface area contributed by atoms with Crippen molar-refractivity contribution < 1.29 is 0 Å². The van der Waals surface area contributed by atoms with Crippen LogP contribution in [0.3, 0.4) is 0 Å². The Morgan fingerprint density at radius 3 is 3.06 bits per heavy atom. The maximum absolute atomic E-state index is 8.63. The van der Waals surface area contributed by atoms with E-state index in [1.807, 2.05) is 0 Å². The minimum Gasteiger partial charge on any atom is -0.370 e. The third-order valence-electron chi connectivity index (χ3n) is 3.81. The summed E-state index contributed by atoms with van der Waals surface area (Å²) in [6.07, 6.45) is 2.36. The predicted molar refractivity (Wildman–Crippen MR) is 74.8 cm³/mol. The van der Waals surface area contributed by atoms with E-state index in [4.69, 9.17) is 5.26 Å². The van der Waals surface area contributed by atoms with Gasteiger partial charge in [0.05, 0.1) is 12.6 Å². The standard InChI is InChI=1S/C15H21N3/c1-12-5-3-7-15(13(12)2)18-10-4-6-14(11-18)17-9-8-16/h3,5,7,14,17H,4,6,9-11H2,1-2H3. The van der Waals surface area contributed by atoms with Crippen molar-refractivity contribution in [1.82, 2.24) is 5.32 Å². The van der Waals surface area contributed by atoms with Crippen molar-refractivity contribution in [2.24, 2.45) is 0 Å². The highest BCUT2D eigenvalue weighted by Gasteiger charge is 2.20. The van der Waals surface area contributed by atoms with Gasteiger partial charge < -0.3 is 4.90 Å². The fourth-order valence-electron chi connectivity index (χ4n) is 2.63. The Hall–Kier alpha value is -1.53. The lowest BCUT2D eigenvalue weighted by Crippen LogP contribution is -2.46. The summed E-state index contributed by atoms with van der Waals surface area (Å²) in [6, 6.07) is 9.10. The molecule has 1 saturated heterocycles. The van der Waals surface area contributed by atoms with Gasteiger partial charge in [0.2, 0.25) is 0 Å². The van der Waals surface area contributed by atoms with E-state index < -0.39 is 0 Å². The summed E-state index contributed by atoms with van der Waals surface area (Å²) in [5.41, 5.74) is 4.07. The van der Waals surface area contributed by atoms with Crippen LogP contribution in [0.5, 0.6) is 0 Å². The molecule has 1 unspecified atom stereocenters. The molecular weight excluding hydrogens is 222 g/mol. The lowest BCUT2D eigenvalue weighted by Gasteiger charge is -2.35. The first kappa shape index (κ1) is 12.9. The summed E-state index contributed by atoms with van der Waals surface area (Å²) in [6.45, 7) is 6.93. The fourth-order valence-corrected chi connectivity index (χ4v) is 2.63. The molecule has 1 heterocycles. The molecule has 0 spiro atoms. The van der Waals surface area contributed by atoms with E-state index >= 15 is 0 Å². The van der Waals surface area contributed by atoms with Crippen LogP contribution in [0, 0.1) is 25.2 Å². The average molecular weight is 243 g/mol. The van der Waals surface area contributed by atoms with E-state index in [1.165, 1.54) is 29.7 Å². The van der Waals surface area contributed by atoms with Crippen molar-refractivity contribution in [3.05, 3.63) is 29.3 Å². The minimum atomic E-state index is 0.443. The first-order valence-corrected chi connectivity index (χ1v) is 6.64. The van der Waals surface area contributed by atoms with Crippen LogP contribution >= 0.6 is 0 Å². The Bertz CT molecular complexity index is 448. The maximum atomic E-state index is 8.63. The first-order valence-electron chi connectivity index (χ1n) is 6.64. The monoisotopic (exact) mass is 243 g/mol. The number of hydrogen-bond donors (Lipinski definition) is 1. The molecule has 3 nitrogen and oxygen atoms in total. The summed E-state index contributed by atoms with van der Waals surface area (Å²) in [7, 11) is 0. The van der Waals surface area contributed by atoms with Gasteiger partial charge in [-0.15, -0.1) is 0 Å². The second-order valence-corrected chi connectivity index (χ2v) is 5.04. The summed E-state index contributed by atoms with van der Waals surface area (Å²) in [5.74, 6) is 0. The molecule has 0 saturated carbocycles. The van der Waals surface area contributed by atoms with Crippen LogP contribution in [0.2, 0.25) is 0 Å². The normalized spacial score (nSPS) is 19.6. The van der Waals surface area contributed by atoms with Crippen LogP contribution in [-0.4, -0.2) is 25.7 Å². The quantitative estimate of drug-likeness (QED) is 0.828. The van der Waals surface area contributed by atoms with Crippen molar-refractivity contribution in [2.75, 3.05) is 24.5 Å². The highest BCUT2D eigenvalue weighted by Crippen LogP contribution is 2.25. The number of nitrogens with zero attached hydrogens (tertiary/aromatic N) is 2. The molecule has 1 N–H and O–H groups in total. The van der Waals surface area contributed by atoms with Gasteiger partial charge in [-0.2, -0.15) is 5.26 Å². The maximum Gasteiger partial charge on any atom is 0.0843 e. The van der Waals surface area contributed by atoms with Gasteiger partial charge in [-0.05, 0) is 43.9 Å². The van der Waals surface area contributed by atoms with E-state index in [0.717, 1.165) is 13.1 Å². The Morgan fingerprint density at radius 2 is 2.28 bits per heavy atom. The molecule has 1 aliphatic rings. The van der Waals surface area contributed by atoms with Crippen LogP contribution in [0.4, 0.5) is 5.69 Å². The van der Waals surface area contributed by atoms with E-state index in [0.29, 0.717) is 12.6 Å². The number of rotatable bonds is 3. The number of hydrogen-bond acceptors (Lipinski definition) is 3. The lowest BCUT2D eigenvalue weighted by atomic mass is 10.0. The molecule has 1 aromatic rings. The van der Waals surface area contributed by atoms with Gasteiger partial charge in [-0.1, -0.05) is 12.1 Å². The number of nitriles is 1. The van der Waals surface area contributed by atoms with Gasteiger partial charge in [0.15, 0.2) is 0 Å². The zero-order valence-electron chi connectivity index (χ0n) is 11.2. The highest BCUT2D eigenvalue weighted by molar-refractivity contribution is 5.56. The zero-order chi connectivity index (χ0) is 13.0. The summed E-state index contributed by atoms with van der Waals surface area (Å²) >= 11 is 0. The molecular formula is C15H21N3. The largest absolute Gasteiger partial charge is 0.370 e. The molecule has 96 valence electrons. The second-order valence-electron chi connectivity index (χ2n) is 5.04. The van der Waals surface area contributed by atoms with Gasteiger partial charge in [-0.3, -0.25) is 5.32 Å². The molecule has 1 aliphatic heterocycles. The molecule has 1 aromatic carbocycles. The molecule has 1 fully saturated rings. The van der Waals surface area contributed by atoms with E-state index in [-0.39, 0.29) is 0 Å². The average Bonchev–Trinajstić information content (AvgIpc) is 2.40. The first-order chi connectivity index (χ1) is 8.72. The smallest absolute Gasteiger partial charge is 0.0843 e. The number of piperidine rings is 1. The molecule has 1 atom stereocenters. The molecule has 2 rings (SSSR count). The number of aryl methyl sites for hydroxylation is 1. The summed E-state index contributed by atoms with van der Waals surface area (Å²) in [4.78, 5) is 2.45. The Morgan fingerprint density at radius 1 is 1.44 bits per heavy atom. The van der Waals surface area contributed by atoms with Gasteiger partial charge in [0, 0.05) is 24.8 Å². The molecule has 0 radical (unpaired) electrons. The van der Waals surface area contributed by atoms with Gasteiger partial charge in [-0.25, -0.2) is 0 Å². The Kier molecular flexibility index (Phi) is 4.22. The SMILES string of the molecule is Cc1cccc(N2CCCC(NCC#N)C2)c1C. The van der Waals surface area contributed by atoms with Crippen molar-refractivity contribution >= 4 is 5.69 Å². The molecule has 0 aliphatic carbocycles. The molecule has 18 heavy (non-hydrogen) atoms. The van der Waals surface area contributed by atoms with Crippen LogP contribution < -0.4 is 10.2 Å². The van der Waals surface area contributed by atoms with E-state index in [1.54, 1.807) is 0 Å². The highest BCUT2D eigenvalue weighted by atomic mass is 15.2. The van der Waals surface area contributed by atoms with Gasteiger partial charge >= 0.3 is 0 Å². The molecule has 0 bridgehead atoms. The van der Waals surface area contributed by atoms with Gasteiger partial charge in [0.25, 0.3) is 0 Å². The van der Waals surface area contributed by atoms with Crippen LogP contribution in [0.1, 0.15) is 24.0 Å². The van der Waals surface area contributed by atoms with Crippen molar-refractivity contribution in [3.8, 4) is 6.07 Å². The molecule has 3 heteroatoms.